The molecule has 1 fully saturated rings. The molecule has 21 heavy (non-hydrogen) atoms. The van der Waals surface area contributed by atoms with E-state index in [1.165, 1.54) is 0 Å². The van der Waals surface area contributed by atoms with Gasteiger partial charge >= 0.3 is 0 Å². The summed E-state index contributed by atoms with van der Waals surface area (Å²) >= 11 is 0. The van der Waals surface area contributed by atoms with Gasteiger partial charge in [-0.1, -0.05) is 6.07 Å². The van der Waals surface area contributed by atoms with Crippen molar-refractivity contribution in [2.75, 3.05) is 44.3 Å². The first kappa shape index (κ1) is 15.8. The van der Waals surface area contributed by atoms with Crippen LogP contribution < -0.4 is 11.1 Å². The molecule has 0 saturated carbocycles. The number of carbonyl (C=O) groups is 1. The quantitative estimate of drug-likeness (QED) is 0.826. The Bertz CT molecular complexity index is 503. The molecule has 5 heteroatoms. The third-order valence-electron chi connectivity index (χ3n) is 4.35. The van der Waals surface area contributed by atoms with Crippen LogP contribution in [0.5, 0.6) is 0 Å². The Hall–Kier alpha value is -1.59. The number of likely N-dealkylation sites (N-methyl/N-ethyl adjacent to an activating group) is 1. The Morgan fingerprint density at radius 1 is 1.43 bits per heavy atom. The number of anilines is 2. The van der Waals surface area contributed by atoms with Crippen molar-refractivity contribution in [2.45, 2.75) is 26.3 Å². The summed E-state index contributed by atoms with van der Waals surface area (Å²) in [5.74, 6) is 0.0512. The van der Waals surface area contributed by atoms with Crippen LogP contribution in [0.15, 0.2) is 18.2 Å². The number of nitrogen functional groups attached to an aromatic ring is 1. The van der Waals surface area contributed by atoms with E-state index >= 15 is 0 Å². The second kappa shape index (κ2) is 6.91. The van der Waals surface area contributed by atoms with Crippen molar-refractivity contribution in [1.82, 2.24) is 9.80 Å². The summed E-state index contributed by atoms with van der Waals surface area (Å²) in [5, 5.41) is 2.95. The number of benzene rings is 1. The molecule has 0 radical (unpaired) electrons. The van der Waals surface area contributed by atoms with Gasteiger partial charge in [-0.15, -0.1) is 0 Å². The average molecular weight is 290 g/mol. The molecule has 1 saturated heterocycles. The van der Waals surface area contributed by atoms with Crippen molar-refractivity contribution in [3.05, 3.63) is 23.8 Å². The predicted molar refractivity (Wildman–Crippen MR) is 87.4 cm³/mol. The number of hydrogen-bond donors (Lipinski definition) is 2. The van der Waals surface area contributed by atoms with Gasteiger partial charge in [0.2, 0.25) is 5.91 Å². The number of rotatable bonds is 4. The monoisotopic (exact) mass is 290 g/mol. The van der Waals surface area contributed by atoms with Gasteiger partial charge < -0.3 is 20.9 Å². The zero-order chi connectivity index (χ0) is 15.4. The first-order chi connectivity index (χ1) is 9.97. The highest BCUT2D eigenvalue weighted by atomic mass is 16.1. The standard InChI is InChI=1S/C16H26N4O/c1-12-11-20(10-9-19(12)3)8-7-16(21)18-15-6-4-5-14(17)13(15)2/h4-6,12H,7-11,17H2,1-3H3,(H,18,21). The van der Waals surface area contributed by atoms with Crippen molar-refractivity contribution in [1.29, 1.82) is 0 Å². The first-order valence-electron chi connectivity index (χ1n) is 7.55. The molecular formula is C16H26N4O. The molecule has 1 atom stereocenters. The second-order valence-electron chi connectivity index (χ2n) is 5.95. The van der Waals surface area contributed by atoms with Crippen molar-refractivity contribution in [3.63, 3.8) is 0 Å². The molecule has 1 heterocycles. The predicted octanol–water partition coefficient (Wildman–Crippen LogP) is 1.54. The maximum absolute atomic E-state index is 12.1. The van der Waals surface area contributed by atoms with E-state index in [1.807, 2.05) is 25.1 Å². The maximum Gasteiger partial charge on any atom is 0.225 e. The molecule has 1 aromatic rings. The third kappa shape index (κ3) is 4.19. The third-order valence-corrected chi connectivity index (χ3v) is 4.35. The summed E-state index contributed by atoms with van der Waals surface area (Å²) in [6, 6.07) is 6.15. The molecule has 1 amide bonds. The van der Waals surface area contributed by atoms with Crippen LogP contribution in [0.25, 0.3) is 0 Å². The van der Waals surface area contributed by atoms with Gasteiger partial charge in [-0.2, -0.15) is 0 Å². The van der Waals surface area contributed by atoms with E-state index in [1.54, 1.807) is 0 Å². The van der Waals surface area contributed by atoms with Crippen LogP contribution in [-0.2, 0) is 4.79 Å². The number of piperazine rings is 1. The topological polar surface area (TPSA) is 61.6 Å². The number of nitrogens with zero attached hydrogens (tertiary/aromatic N) is 2. The normalized spacial score (nSPS) is 20.4. The van der Waals surface area contributed by atoms with Crippen LogP contribution in [0, 0.1) is 6.92 Å². The van der Waals surface area contributed by atoms with Crippen molar-refractivity contribution in [3.8, 4) is 0 Å². The highest BCUT2D eigenvalue weighted by Gasteiger charge is 2.20. The highest BCUT2D eigenvalue weighted by Crippen LogP contribution is 2.20. The van der Waals surface area contributed by atoms with E-state index in [2.05, 4.69) is 29.1 Å². The van der Waals surface area contributed by atoms with Crippen LogP contribution in [0.1, 0.15) is 18.9 Å². The minimum atomic E-state index is 0.0512. The summed E-state index contributed by atoms with van der Waals surface area (Å²) in [6.45, 7) is 8.09. The Balaban J connectivity index is 1.81. The molecule has 5 nitrogen and oxygen atoms in total. The van der Waals surface area contributed by atoms with Gasteiger partial charge in [-0.05, 0) is 38.6 Å². The zero-order valence-electron chi connectivity index (χ0n) is 13.2. The van der Waals surface area contributed by atoms with Crippen molar-refractivity contribution < 1.29 is 4.79 Å². The van der Waals surface area contributed by atoms with Crippen LogP contribution in [0.2, 0.25) is 0 Å². The molecule has 1 unspecified atom stereocenters. The lowest BCUT2D eigenvalue weighted by Crippen LogP contribution is -2.50. The van der Waals surface area contributed by atoms with Gasteiger partial charge in [0.25, 0.3) is 0 Å². The molecule has 2 rings (SSSR count). The zero-order valence-corrected chi connectivity index (χ0v) is 13.2. The summed E-state index contributed by atoms with van der Waals surface area (Å²) < 4.78 is 0. The molecule has 1 aliphatic rings. The second-order valence-corrected chi connectivity index (χ2v) is 5.95. The van der Waals surface area contributed by atoms with Gasteiger partial charge in [0.1, 0.15) is 0 Å². The van der Waals surface area contributed by atoms with E-state index < -0.39 is 0 Å². The lowest BCUT2D eigenvalue weighted by Gasteiger charge is -2.37. The summed E-state index contributed by atoms with van der Waals surface area (Å²) in [6.07, 6.45) is 0.519. The Morgan fingerprint density at radius 2 is 2.19 bits per heavy atom. The minimum Gasteiger partial charge on any atom is -0.398 e. The molecular weight excluding hydrogens is 264 g/mol. The largest absolute Gasteiger partial charge is 0.398 e. The van der Waals surface area contributed by atoms with Gasteiger partial charge in [-0.3, -0.25) is 4.79 Å². The molecule has 3 N–H and O–H groups in total. The van der Waals surface area contributed by atoms with E-state index in [0.717, 1.165) is 37.4 Å². The Labute approximate surface area is 127 Å². The van der Waals surface area contributed by atoms with E-state index in [0.29, 0.717) is 18.2 Å². The van der Waals surface area contributed by atoms with Crippen LogP contribution in [-0.4, -0.2) is 55.0 Å². The fourth-order valence-corrected chi connectivity index (χ4v) is 2.59. The number of carbonyl (C=O) groups excluding carboxylic acids is 1. The smallest absolute Gasteiger partial charge is 0.225 e. The maximum atomic E-state index is 12.1. The lowest BCUT2D eigenvalue weighted by atomic mass is 10.1. The fraction of sp³-hybridized carbons (Fsp3) is 0.562. The number of hydrogen-bond acceptors (Lipinski definition) is 4. The highest BCUT2D eigenvalue weighted by molar-refractivity contribution is 5.92. The molecule has 0 aromatic heterocycles. The molecule has 1 aromatic carbocycles. The summed E-state index contributed by atoms with van der Waals surface area (Å²) in [7, 11) is 2.15. The molecule has 0 spiro atoms. The average Bonchev–Trinajstić information content (AvgIpc) is 2.45. The van der Waals surface area contributed by atoms with Gasteiger partial charge in [0.15, 0.2) is 0 Å². The van der Waals surface area contributed by atoms with Gasteiger partial charge in [0, 0.05) is 50.0 Å². The Kier molecular flexibility index (Phi) is 5.20. The van der Waals surface area contributed by atoms with E-state index in [4.69, 9.17) is 5.73 Å². The van der Waals surface area contributed by atoms with E-state index in [-0.39, 0.29) is 5.91 Å². The van der Waals surface area contributed by atoms with E-state index in [9.17, 15) is 4.79 Å². The molecule has 0 aliphatic carbocycles. The minimum absolute atomic E-state index is 0.0512. The summed E-state index contributed by atoms with van der Waals surface area (Å²) in [4.78, 5) is 16.8. The molecule has 116 valence electrons. The molecule has 1 aliphatic heterocycles. The van der Waals surface area contributed by atoms with Crippen molar-refractivity contribution in [2.24, 2.45) is 0 Å². The van der Waals surface area contributed by atoms with Gasteiger partial charge in [-0.25, -0.2) is 0 Å². The number of nitrogens with two attached hydrogens (primary N) is 1. The SMILES string of the molecule is Cc1c(N)cccc1NC(=O)CCN1CCN(C)C(C)C1. The lowest BCUT2D eigenvalue weighted by molar-refractivity contribution is -0.116. The number of amides is 1. The first-order valence-corrected chi connectivity index (χ1v) is 7.55. The molecule has 0 bridgehead atoms. The summed E-state index contributed by atoms with van der Waals surface area (Å²) in [5.41, 5.74) is 8.30. The van der Waals surface area contributed by atoms with Crippen LogP contribution in [0.4, 0.5) is 11.4 Å². The fourth-order valence-electron chi connectivity index (χ4n) is 2.59. The van der Waals surface area contributed by atoms with Crippen molar-refractivity contribution >= 4 is 17.3 Å². The van der Waals surface area contributed by atoms with Crippen LogP contribution in [0.3, 0.4) is 0 Å². The van der Waals surface area contributed by atoms with Gasteiger partial charge in [0.05, 0.1) is 0 Å². The Morgan fingerprint density at radius 3 is 2.90 bits per heavy atom. The van der Waals surface area contributed by atoms with Crippen LogP contribution >= 0.6 is 0 Å². The number of nitrogens with one attached hydrogen (secondary N) is 1.